The van der Waals surface area contributed by atoms with E-state index in [4.69, 9.17) is 23.2 Å². The number of nitrogens with one attached hydrogen (secondary N) is 3. The Kier molecular flexibility index (Phi) is 21.7. The highest BCUT2D eigenvalue weighted by Crippen LogP contribution is 2.24. The summed E-state index contributed by atoms with van der Waals surface area (Å²) in [7, 11) is 0. The number of anilines is 3. The third kappa shape index (κ3) is 17.7. The van der Waals surface area contributed by atoms with Crippen molar-refractivity contribution in [3.63, 3.8) is 0 Å². The number of carbonyl (C=O) groups is 6. The van der Waals surface area contributed by atoms with Crippen molar-refractivity contribution < 1.29 is 28.8 Å². The number of hydrogen-bond acceptors (Lipinski definition) is 13. The number of para-hydroxylation sites is 1. The summed E-state index contributed by atoms with van der Waals surface area (Å²) in [5.74, 6) is -1.74. The van der Waals surface area contributed by atoms with Gasteiger partial charge in [-0.05, 0) is 123 Å². The molecule has 454 valence electrons. The molecule has 2 fully saturated rings. The molecule has 0 unspecified atom stereocenters. The van der Waals surface area contributed by atoms with Crippen molar-refractivity contribution >= 4 is 81.4 Å². The van der Waals surface area contributed by atoms with Crippen molar-refractivity contribution in [3.8, 4) is 34.7 Å². The third-order valence-corrected chi connectivity index (χ3v) is 14.9. The van der Waals surface area contributed by atoms with E-state index in [0.717, 1.165) is 63.9 Å². The SMILES string of the molecule is N#Cc1cc(NC(=O)Cn2nc(-c3ccc(Cl)cc3)ccc2=O)cc(C(=O)N2CCCC2)c1.N#Cc1cc(NC(=O)Cn2nc(-c3ccc(Cl)cc3)ccc2=O)cc(C(=O)N2CCCCC2)c1.O=C(CN1N=C(c2ccccc2)CCC1=O)Nc1ccccc1. The summed E-state index contributed by atoms with van der Waals surface area (Å²) in [4.78, 5) is 103. The molecule has 6 amide bonds. The van der Waals surface area contributed by atoms with E-state index in [1.807, 2.05) is 60.7 Å². The molecule has 5 heterocycles. The summed E-state index contributed by atoms with van der Waals surface area (Å²) < 4.78 is 2.12. The Morgan fingerprint density at radius 2 is 0.878 bits per heavy atom. The Bertz CT molecular complexity index is 4190. The Morgan fingerprint density at radius 1 is 0.456 bits per heavy atom. The van der Waals surface area contributed by atoms with Crippen molar-refractivity contribution in [2.75, 3.05) is 48.7 Å². The maximum absolute atomic E-state index is 12.9. The van der Waals surface area contributed by atoms with Gasteiger partial charge >= 0.3 is 0 Å². The van der Waals surface area contributed by atoms with Gasteiger partial charge in [-0.1, -0.05) is 96.0 Å². The average Bonchev–Trinajstić information content (AvgIpc) is 2.67. The van der Waals surface area contributed by atoms with Gasteiger partial charge in [0.25, 0.3) is 22.9 Å². The van der Waals surface area contributed by atoms with E-state index in [2.05, 4.69) is 31.2 Å². The Morgan fingerprint density at radius 3 is 1.33 bits per heavy atom. The standard InChI is InChI=1S/C25H22ClN5O3.C24H20ClN5O3.C18H17N3O2/c26-20-6-4-18(5-7-20)22-8-9-24(33)31(29-22)16-23(32)28-21-13-17(15-27)12-19(14-21)25(34)30-10-2-1-3-11-30;25-19-5-3-17(4-6-19)21-7-8-23(32)30(28-21)15-22(31)27-20-12-16(14-26)11-18(13-20)24(33)29-9-1-2-10-29;22-17(19-15-9-5-2-6-10-15)13-21-18(23)12-11-16(20-21)14-7-3-1-4-8-14/h4-9,12-14H,1-3,10-11,16H2,(H,28,32);3-8,11-13H,1-2,9-10,15H2,(H,27,31);1-10H,11-13H2,(H,19,22). The number of benzene rings is 6. The molecule has 0 saturated carbocycles. The number of amides is 6. The number of carbonyl (C=O) groups excluding carboxylic acids is 6. The molecule has 90 heavy (non-hydrogen) atoms. The lowest BCUT2D eigenvalue weighted by atomic mass is 10.0. The highest BCUT2D eigenvalue weighted by atomic mass is 35.5. The molecular formula is C67H59Cl2N13O8. The van der Waals surface area contributed by atoms with Gasteiger partial charge in [0.05, 0.1) is 40.4 Å². The molecule has 21 nitrogen and oxygen atoms in total. The molecule has 3 N–H and O–H groups in total. The second-order valence-electron chi connectivity index (χ2n) is 21.0. The zero-order chi connectivity index (χ0) is 63.5. The van der Waals surface area contributed by atoms with Crippen LogP contribution in [0.5, 0.6) is 0 Å². The largest absolute Gasteiger partial charge is 0.339 e. The summed E-state index contributed by atoms with van der Waals surface area (Å²) in [5.41, 5.74) is 6.01. The first-order chi connectivity index (χ1) is 43.6. The van der Waals surface area contributed by atoms with Gasteiger partial charge in [-0.15, -0.1) is 0 Å². The first-order valence-electron chi connectivity index (χ1n) is 28.8. The lowest BCUT2D eigenvalue weighted by Crippen LogP contribution is -2.37. The Labute approximate surface area is 527 Å². The predicted octanol–water partition coefficient (Wildman–Crippen LogP) is 9.66. The number of hydrazone groups is 1. The van der Waals surface area contributed by atoms with Gasteiger partial charge in [-0.3, -0.25) is 38.4 Å². The maximum Gasteiger partial charge on any atom is 0.267 e. The lowest BCUT2D eigenvalue weighted by molar-refractivity contribution is -0.135. The molecule has 11 rings (SSSR count). The number of halogens is 2. The fourth-order valence-electron chi connectivity index (χ4n) is 9.92. The number of nitrogens with zero attached hydrogens (tertiary/aromatic N) is 10. The summed E-state index contributed by atoms with van der Waals surface area (Å²) in [6.45, 7) is 1.97. The van der Waals surface area contributed by atoms with Gasteiger partial charge in [-0.2, -0.15) is 25.8 Å². The van der Waals surface area contributed by atoms with Crippen LogP contribution >= 0.6 is 23.2 Å². The van der Waals surface area contributed by atoms with Gasteiger partial charge < -0.3 is 25.8 Å². The first kappa shape index (κ1) is 63.6. The topological polar surface area (TPSA) is 278 Å². The van der Waals surface area contributed by atoms with E-state index in [1.54, 1.807) is 94.7 Å². The number of likely N-dealkylation sites (tertiary alicyclic amines) is 2. The smallest absolute Gasteiger partial charge is 0.267 e. The summed E-state index contributed by atoms with van der Waals surface area (Å²) >= 11 is 11.8. The fraction of sp³-hybridized carbons (Fsp3) is 0.209. The van der Waals surface area contributed by atoms with Crippen LogP contribution in [-0.4, -0.2) is 108 Å². The molecule has 0 spiro atoms. The van der Waals surface area contributed by atoms with E-state index in [-0.39, 0.29) is 54.4 Å². The van der Waals surface area contributed by atoms with Crippen molar-refractivity contribution in [1.82, 2.24) is 34.4 Å². The fourth-order valence-corrected chi connectivity index (χ4v) is 10.2. The first-order valence-corrected chi connectivity index (χ1v) is 29.6. The minimum absolute atomic E-state index is 0.0793. The van der Waals surface area contributed by atoms with E-state index in [0.29, 0.717) is 88.6 Å². The van der Waals surface area contributed by atoms with E-state index >= 15 is 0 Å². The molecule has 6 aromatic carbocycles. The molecule has 0 atom stereocenters. The van der Waals surface area contributed by atoms with Crippen LogP contribution in [0.25, 0.3) is 22.5 Å². The summed E-state index contributed by atoms with van der Waals surface area (Å²) in [6.07, 6.45) is 5.85. The monoisotopic (exact) mass is 1240 g/mol. The van der Waals surface area contributed by atoms with Crippen LogP contribution in [-0.2, 0) is 32.3 Å². The molecule has 2 saturated heterocycles. The Balaban J connectivity index is 0.000000163. The molecule has 2 aromatic heterocycles. The highest BCUT2D eigenvalue weighted by molar-refractivity contribution is 6.31. The van der Waals surface area contributed by atoms with Gasteiger partial charge in [-0.25, -0.2) is 14.4 Å². The molecule has 8 aromatic rings. The normalized spacial score (nSPS) is 13.4. The van der Waals surface area contributed by atoms with Gasteiger partial charge in [0.15, 0.2) is 0 Å². The summed E-state index contributed by atoms with van der Waals surface area (Å²) in [5, 5.41) is 42.2. The van der Waals surface area contributed by atoms with Crippen LogP contribution in [0.15, 0.2) is 185 Å². The molecule has 3 aliphatic heterocycles. The minimum Gasteiger partial charge on any atom is -0.339 e. The number of nitriles is 2. The minimum atomic E-state index is -0.507. The zero-order valence-electron chi connectivity index (χ0n) is 48.6. The molecule has 0 bridgehead atoms. The molecule has 0 radical (unpaired) electrons. The predicted molar refractivity (Wildman–Crippen MR) is 341 cm³/mol. The van der Waals surface area contributed by atoms with Crippen LogP contribution in [0.2, 0.25) is 10.0 Å². The zero-order valence-corrected chi connectivity index (χ0v) is 50.1. The van der Waals surface area contributed by atoms with Crippen LogP contribution in [0.3, 0.4) is 0 Å². The third-order valence-electron chi connectivity index (χ3n) is 14.4. The molecular weight excluding hydrogens is 1190 g/mol. The number of rotatable bonds is 14. The number of hydrogen-bond donors (Lipinski definition) is 3. The van der Waals surface area contributed by atoms with E-state index < -0.39 is 22.9 Å². The number of piperidine rings is 1. The number of aromatic nitrogens is 4. The van der Waals surface area contributed by atoms with Crippen molar-refractivity contribution in [1.29, 1.82) is 10.5 Å². The molecule has 0 aliphatic carbocycles. The van der Waals surface area contributed by atoms with E-state index in [9.17, 15) is 48.9 Å². The second-order valence-corrected chi connectivity index (χ2v) is 21.9. The molecule has 3 aliphatic rings. The van der Waals surface area contributed by atoms with Crippen molar-refractivity contribution in [2.45, 2.75) is 58.0 Å². The van der Waals surface area contributed by atoms with Crippen LogP contribution in [0.1, 0.15) is 82.4 Å². The molecule has 23 heteroatoms. The quantitative estimate of drug-likeness (QED) is 0.0918. The van der Waals surface area contributed by atoms with Gasteiger partial charge in [0.1, 0.15) is 19.6 Å². The second kappa shape index (κ2) is 30.7. The maximum atomic E-state index is 12.9. The van der Waals surface area contributed by atoms with E-state index in [1.165, 1.54) is 41.4 Å². The Hall–Kier alpha value is -10.9. The van der Waals surface area contributed by atoms with Crippen molar-refractivity contribution in [3.05, 3.63) is 228 Å². The van der Waals surface area contributed by atoms with Crippen LogP contribution in [0, 0.1) is 22.7 Å². The van der Waals surface area contributed by atoms with Gasteiger partial charge in [0.2, 0.25) is 23.6 Å². The highest BCUT2D eigenvalue weighted by Gasteiger charge is 2.25. The average molecular weight is 1250 g/mol. The lowest BCUT2D eigenvalue weighted by Gasteiger charge is -2.27. The summed E-state index contributed by atoms with van der Waals surface area (Å²) in [6, 6.07) is 51.8. The van der Waals surface area contributed by atoms with Gasteiger partial charge in [0, 0.05) is 101 Å². The van der Waals surface area contributed by atoms with Crippen LogP contribution in [0.4, 0.5) is 17.1 Å². The van der Waals surface area contributed by atoms with Crippen LogP contribution < -0.4 is 27.1 Å². The van der Waals surface area contributed by atoms with Crippen molar-refractivity contribution in [2.24, 2.45) is 5.10 Å².